The van der Waals surface area contributed by atoms with Crippen LogP contribution in [0.3, 0.4) is 0 Å². The SMILES string of the molecule is C=CCCCOC(=O)[C@H]1[C@H]2C(=O)N(CCO)C(C(=O)N(CC=C)CCN3CCOCC3)C23CC(Br)[C@@H]1S3. The number of fused-ring (bicyclic) bond motifs is 1. The minimum absolute atomic E-state index is 0.0159. The molecule has 0 aliphatic carbocycles. The van der Waals surface area contributed by atoms with Gasteiger partial charge >= 0.3 is 5.97 Å². The van der Waals surface area contributed by atoms with Gasteiger partial charge in [0.1, 0.15) is 6.04 Å². The summed E-state index contributed by atoms with van der Waals surface area (Å²) in [5.41, 5.74) is 0. The predicted molar refractivity (Wildman–Crippen MR) is 145 cm³/mol. The summed E-state index contributed by atoms with van der Waals surface area (Å²) >= 11 is 5.33. The number of amides is 2. The molecule has 2 amide bonds. The molecule has 4 rings (SSSR count). The zero-order valence-electron chi connectivity index (χ0n) is 21.3. The van der Waals surface area contributed by atoms with Crippen molar-refractivity contribution < 1.29 is 29.0 Å². The van der Waals surface area contributed by atoms with Gasteiger partial charge < -0.3 is 24.4 Å². The molecule has 206 valence electrons. The van der Waals surface area contributed by atoms with Gasteiger partial charge in [-0.1, -0.05) is 28.1 Å². The first kappa shape index (κ1) is 28.6. The second-order valence-corrected chi connectivity index (χ2v) is 12.8. The second kappa shape index (κ2) is 12.6. The van der Waals surface area contributed by atoms with Crippen molar-refractivity contribution in [3.63, 3.8) is 0 Å². The molecule has 4 heterocycles. The van der Waals surface area contributed by atoms with Gasteiger partial charge in [-0.05, 0) is 19.3 Å². The number of aliphatic hydroxyl groups excluding tert-OH is 1. The van der Waals surface area contributed by atoms with Crippen molar-refractivity contribution in [3.05, 3.63) is 25.3 Å². The van der Waals surface area contributed by atoms with Gasteiger partial charge in [0.2, 0.25) is 11.8 Å². The average molecular weight is 601 g/mol. The van der Waals surface area contributed by atoms with E-state index in [1.165, 1.54) is 4.90 Å². The van der Waals surface area contributed by atoms with E-state index in [4.69, 9.17) is 9.47 Å². The number of ether oxygens (including phenoxy) is 2. The number of alkyl halides is 1. The highest BCUT2D eigenvalue weighted by Crippen LogP contribution is 2.68. The van der Waals surface area contributed by atoms with Crippen LogP contribution < -0.4 is 0 Å². The summed E-state index contributed by atoms with van der Waals surface area (Å²) < 4.78 is 10.3. The topological polar surface area (TPSA) is 99.6 Å². The fourth-order valence-corrected chi connectivity index (χ4v) is 9.82. The van der Waals surface area contributed by atoms with Crippen molar-refractivity contribution in [2.75, 3.05) is 65.7 Å². The van der Waals surface area contributed by atoms with Crippen molar-refractivity contribution in [2.45, 2.75) is 40.1 Å². The molecule has 4 aliphatic rings. The van der Waals surface area contributed by atoms with Crippen molar-refractivity contribution in [2.24, 2.45) is 11.8 Å². The number of morpholine rings is 1. The van der Waals surface area contributed by atoms with E-state index in [1.807, 2.05) is 0 Å². The van der Waals surface area contributed by atoms with Gasteiger partial charge in [-0.25, -0.2) is 0 Å². The van der Waals surface area contributed by atoms with Gasteiger partial charge in [-0.3, -0.25) is 19.3 Å². The molecule has 4 aliphatic heterocycles. The van der Waals surface area contributed by atoms with Gasteiger partial charge in [0.05, 0.1) is 43.0 Å². The Balaban J connectivity index is 1.58. The van der Waals surface area contributed by atoms with Gasteiger partial charge in [0.25, 0.3) is 0 Å². The smallest absolute Gasteiger partial charge is 0.310 e. The Morgan fingerprint density at radius 3 is 2.70 bits per heavy atom. The number of unbranched alkanes of at least 4 members (excludes halogenated alkanes) is 1. The molecule has 0 aromatic rings. The third-order valence-electron chi connectivity index (χ3n) is 7.88. The number of thioether (sulfide) groups is 1. The zero-order chi connectivity index (χ0) is 26.6. The maximum absolute atomic E-state index is 14.2. The average Bonchev–Trinajstić information content (AvgIpc) is 3.48. The molecule has 4 fully saturated rings. The fourth-order valence-electron chi connectivity index (χ4n) is 6.23. The first-order chi connectivity index (χ1) is 17.9. The molecule has 0 radical (unpaired) electrons. The lowest BCUT2D eigenvalue weighted by atomic mass is 9.71. The normalized spacial score (nSPS) is 32.9. The lowest BCUT2D eigenvalue weighted by molar-refractivity contribution is -0.154. The molecule has 0 saturated carbocycles. The van der Waals surface area contributed by atoms with Crippen LogP contribution in [0.4, 0.5) is 0 Å². The summed E-state index contributed by atoms with van der Waals surface area (Å²) in [6, 6.07) is -0.754. The summed E-state index contributed by atoms with van der Waals surface area (Å²) in [4.78, 5) is 46.8. The predicted octanol–water partition coefficient (Wildman–Crippen LogP) is 1.30. The molecule has 1 spiro atoms. The molecule has 0 aromatic heterocycles. The standard InChI is InChI=1S/C26H38BrN3O6S/c1-3-5-6-14-36-25(34)19-20-23(32)30(10-13-31)22(26(20)17-18(27)21(19)37-26)24(33)29(7-4-2)9-8-28-11-15-35-16-12-28/h3-4,18-22,31H,1-2,5-17H2/t18?,19-,20-,21-,22?,26?/m0/s1. The van der Waals surface area contributed by atoms with E-state index >= 15 is 0 Å². The van der Waals surface area contributed by atoms with Gasteiger partial charge in [-0.2, -0.15) is 0 Å². The molecule has 2 bridgehead atoms. The van der Waals surface area contributed by atoms with Gasteiger partial charge in [-0.15, -0.1) is 24.9 Å². The van der Waals surface area contributed by atoms with Crippen molar-refractivity contribution in [3.8, 4) is 0 Å². The number of esters is 1. The summed E-state index contributed by atoms with van der Waals surface area (Å²) in [7, 11) is 0. The van der Waals surface area contributed by atoms with Crippen LogP contribution in [-0.4, -0.2) is 124 Å². The van der Waals surface area contributed by atoms with Crippen LogP contribution in [0.5, 0.6) is 0 Å². The highest BCUT2D eigenvalue weighted by molar-refractivity contribution is 9.09. The highest BCUT2D eigenvalue weighted by atomic mass is 79.9. The molecule has 37 heavy (non-hydrogen) atoms. The van der Waals surface area contributed by atoms with Crippen molar-refractivity contribution >= 4 is 45.5 Å². The van der Waals surface area contributed by atoms with Crippen LogP contribution in [0.1, 0.15) is 19.3 Å². The summed E-state index contributed by atoms with van der Waals surface area (Å²) in [5.74, 6) is -2.03. The number of hydrogen-bond donors (Lipinski definition) is 1. The Kier molecular flexibility index (Phi) is 9.77. The molecular formula is C26H38BrN3O6S. The Morgan fingerprint density at radius 2 is 2.03 bits per heavy atom. The molecule has 6 atom stereocenters. The number of aliphatic hydroxyl groups is 1. The number of allylic oxidation sites excluding steroid dienone is 1. The number of carbonyl (C=O) groups is 3. The largest absolute Gasteiger partial charge is 0.465 e. The maximum Gasteiger partial charge on any atom is 0.310 e. The number of likely N-dealkylation sites (tertiary alicyclic amines) is 1. The van der Waals surface area contributed by atoms with E-state index in [1.54, 1.807) is 28.8 Å². The fraction of sp³-hybridized carbons (Fsp3) is 0.731. The molecular weight excluding hydrogens is 562 g/mol. The summed E-state index contributed by atoms with van der Waals surface area (Å²) in [5, 5.41) is 9.67. The molecule has 0 aromatic carbocycles. The summed E-state index contributed by atoms with van der Waals surface area (Å²) in [6.45, 7) is 12.2. The number of hydrogen-bond acceptors (Lipinski definition) is 8. The molecule has 1 N–H and O–H groups in total. The van der Waals surface area contributed by atoms with E-state index in [-0.39, 0.29) is 47.6 Å². The lowest BCUT2D eigenvalue weighted by Gasteiger charge is -2.38. The number of carbonyl (C=O) groups excluding carboxylic acids is 3. The second-order valence-electron chi connectivity index (χ2n) is 10.0. The minimum Gasteiger partial charge on any atom is -0.465 e. The van der Waals surface area contributed by atoms with Crippen molar-refractivity contribution in [1.29, 1.82) is 0 Å². The molecule has 4 saturated heterocycles. The Hall–Kier alpha value is -1.40. The third-order valence-corrected chi connectivity index (χ3v) is 11.1. The zero-order valence-corrected chi connectivity index (χ0v) is 23.7. The van der Waals surface area contributed by atoms with Crippen LogP contribution in [0.15, 0.2) is 25.3 Å². The first-order valence-electron chi connectivity index (χ1n) is 13.1. The first-order valence-corrected chi connectivity index (χ1v) is 14.9. The third kappa shape index (κ3) is 5.52. The van der Waals surface area contributed by atoms with Gasteiger partial charge in [0.15, 0.2) is 0 Å². The van der Waals surface area contributed by atoms with Gasteiger partial charge in [0, 0.05) is 49.3 Å². The van der Waals surface area contributed by atoms with Crippen LogP contribution in [0.2, 0.25) is 0 Å². The summed E-state index contributed by atoms with van der Waals surface area (Å²) in [6.07, 6.45) is 5.51. The Bertz CT molecular complexity index is 886. The van der Waals surface area contributed by atoms with E-state index in [2.05, 4.69) is 34.0 Å². The van der Waals surface area contributed by atoms with E-state index < -0.39 is 22.6 Å². The number of rotatable bonds is 13. The number of nitrogens with zero attached hydrogens (tertiary/aromatic N) is 3. The maximum atomic E-state index is 14.2. The minimum atomic E-state index is -0.754. The number of β-amino-alcohol motifs (C(OH)–C–C–N with tert-alkyl or cyclic N) is 1. The van der Waals surface area contributed by atoms with Crippen LogP contribution in [0, 0.1) is 11.8 Å². The molecule has 11 heteroatoms. The Labute approximate surface area is 231 Å². The molecule has 3 unspecified atom stereocenters. The lowest BCUT2D eigenvalue weighted by Crippen LogP contribution is -2.56. The quantitative estimate of drug-likeness (QED) is 0.146. The monoisotopic (exact) mass is 599 g/mol. The number of halogens is 1. The highest BCUT2D eigenvalue weighted by Gasteiger charge is 2.76. The van der Waals surface area contributed by atoms with E-state index in [9.17, 15) is 19.5 Å². The van der Waals surface area contributed by atoms with E-state index in [0.717, 1.165) is 19.5 Å². The van der Waals surface area contributed by atoms with Crippen LogP contribution in [0.25, 0.3) is 0 Å². The van der Waals surface area contributed by atoms with E-state index in [0.29, 0.717) is 45.7 Å². The van der Waals surface area contributed by atoms with Crippen LogP contribution in [-0.2, 0) is 23.9 Å². The molecule has 9 nitrogen and oxygen atoms in total. The Morgan fingerprint density at radius 1 is 1.27 bits per heavy atom. The van der Waals surface area contributed by atoms with Crippen LogP contribution >= 0.6 is 27.7 Å². The van der Waals surface area contributed by atoms with Crippen molar-refractivity contribution in [1.82, 2.24) is 14.7 Å².